The number of carbonyl (C=O) groups is 1. The van der Waals surface area contributed by atoms with Gasteiger partial charge in [-0.3, -0.25) is 4.79 Å². The fourth-order valence-electron chi connectivity index (χ4n) is 3.11. The minimum absolute atomic E-state index is 0.122. The molecule has 0 bridgehead atoms. The second-order valence-electron chi connectivity index (χ2n) is 6.68. The third kappa shape index (κ3) is 2.41. The average molecular weight is 301 g/mol. The number of carbonyl (C=O) groups excluding carboxylic acids is 1. The van der Waals surface area contributed by atoms with E-state index < -0.39 is 0 Å². The molecule has 1 saturated carbocycles. The number of aliphatic hydroxyl groups is 1. The van der Waals surface area contributed by atoms with Gasteiger partial charge in [-0.05, 0) is 56.9 Å². The maximum Gasteiger partial charge on any atom is 0.287 e. The van der Waals surface area contributed by atoms with Gasteiger partial charge in [-0.1, -0.05) is 6.42 Å². The highest BCUT2D eigenvalue weighted by Gasteiger charge is 2.36. The lowest BCUT2D eigenvalue weighted by Crippen LogP contribution is -2.44. The molecule has 4 nitrogen and oxygen atoms in total. The predicted octanol–water partition coefficient (Wildman–Crippen LogP) is 3.25. The summed E-state index contributed by atoms with van der Waals surface area (Å²) in [6.45, 7) is 6.65. The van der Waals surface area contributed by atoms with Crippen molar-refractivity contribution in [1.29, 1.82) is 0 Å². The Kier molecular flexibility index (Phi) is 3.73. The summed E-state index contributed by atoms with van der Waals surface area (Å²) < 4.78 is 5.77. The summed E-state index contributed by atoms with van der Waals surface area (Å²) in [5.74, 6) is 0.191. The monoisotopic (exact) mass is 301 g/mol. The van der Waals surface area contributed by atoms with E-state index in [1.54, 1.807) is 0 Å². The molecule has 1 amide bonds. The molecule has 0 unspecified atom stereocenters. The summed E-state index contributed by atoms with van der Waals surface area (Å²) in [4.78, 5) is 12.4. The van der Waals surface area contributed by atoms with Gasteiger partial charge in [0, 0.05) is 22.9 Å². The van der Waals surface area contributed by atoms with Gasteiger partial charge in [-0.15, -0.1) is 0 Å². The molecule has 1 heterocycles. The first kappa shape index (κ1) is 15.1. The Morgan fingerprint density at radius 2 is 1.95 bits per heavy atom. The van der Waals surface area contributed by atoms with Crippen molar-refractivity contribution in [3.8, 4) is 0 Å². The number of aryl methyl sites for hydroxylation is 3. The van der Waals surface area contributed by atoms with E-state index in [2.05, 4.69) is 18.3 Å². The molecule has 0 radical (unpaired) electrons. The van der Waals surface area contributed by atoms with Gasteiger partial charge in [0.15, 0.2) is 5.76 Å². The van der Waals surface area contributed by atoms with E-state index in [9.17, 15) is 9.90 Å². The largest absolute Gasteiger partial charge is 0.451 e. The van der Waals surface area contributed by atoms with Crippen LogP contribution in [0.5, 0.6) is 0 Å². The number of aliphatic hydroxyl groups excluding tert-OH is 1. The number of hydrogen-bond acceptors (Lipinski definition) is 3. The third-order valence-electron chi connectivity index (χ3n) is 5.13. The highest BCUT2D eigenvalue weighted by Crippen LogP contribution is 2.39. The SMILES string of the molecule is Cc1cc2oc(C(=O)NCC3(CO)CCC3)c(C)c2cc1C. The summed E-state index contributed by atoms with van der Waals surface area (Å²) in [6, 6.07) is 4.05. The van der Waals surface area contributed by atoms with Crippen molar-refractivity contribution in [3.63, 3.8) is 0 Å². The molecule has 3 rings (SSSR count). The molecule has 2 aromatic rings. The van der Waals surface area contributed by atoms with Gasteiger partial charge in [0.2, 0.25) is 0 Å². The number of hydrogen-bond donors (Lipinski definition) is 2. The first-order valence-corrected chi connectivity index (χ1v) is 7.85. The third-order valence-corrected chi connectivity index (χ3v) is 5.13. The van der Waals surface area contributed by atoms with Crippen LogP contribution in [0, 0.1) is 26.2 Å². The van der Waals surface area contributed by atoms with E-state index in [-0.39, 0.29) is 17.9 Å². The van der Waals surface area contributed by atoms with Crippen molar-refractivity contribution in [2.24, 2.45) is 5.41 Å². The molecule has 1 fully saturated rings. The van der Waals surface area contributed by atoms with E-state index in [4.69, 9.17) is 4.42 Å². The van der Waals surface area contributed by atoms with Crippen molar-refractivity contribution in [1.82, 2.24) is 5.32 Å². The molecule has 2 N–H and O–H groups in total. The Morgan fingerprint density at radius 3 is 2.55 bits per heavy atom. The fourth-order valence-corrected chi connectivity index (χ4v) is 3.11. The molecular formula is C18H23NO3. The molecule has 1 aliphatic carbocycles. The fraction of sp³-hybridized carbons (Fsp3) is 0.500. The summed E-state index contributed by atoms with van der Waals surface area (Å²) in [7, 11) is 0. The first-order valence-electron chi connectivity index (χ1n) is 7.85. The molecule has 0 atom stereocenters. The number of rotatable bonds is 4. The van der Waals surface area contributed by atoms with Crippen LogP contribution in [-0.4, -0.2) is 24.2 Å². The second kappa shape index (κ2) is 5.43. The summed E-state index contributed by atoms with van der Waals surface area (Å²) in [5, 5.41) is 13.4. The first-order chi connectivity index (χ1) is 10.5. The highest BCUT2D eigenvalue weighted by atomic mass is 16.3. The molecule has 0 spiro atoms. The maximum atomic E-state index is 12.4. The van der Waals surface area contributed by atoms with Gasteiger partial charge in [-0.2, -0.15) is 0 Å². The molecule has 118 valence electrons. The normalized spacial score (nSPS) is 16.5. The second-order valence-corrected chi connectivity index (χ2v) is 6.68. The molecule has 1 aliphatic rings. The van der Waals surface area contributed by atoms with E-state index in [1.165, 1.54) is 5.56 Å². The molecule has 22 heavy (non-hydrogen) atoms. The summed E-state index contributed by atoms with van der Waals surface area (Å²) >= 11 is 0. The zero-order valence-corrected chi connectivity index (χ0v) is 13.5. The van der Waals surface area contributed by atoms with Crippen LogP contribution in [0.25, 0.3) is 11.0 Å². The topological polar surface area (TPSA) is 62.5 Å². The smallest absolute Gasteiger partial charge is 0.287 e. The van der Waals surface area contributed by atoms with Gasteiger partial charge in [0.25, 0.3) is 5.91 Å². The number of fused-ring (bicyclic) bond motifs is 1. The molecule has 0 saturated heterocycles. The van der Waals surface area contributed by atoms with Crippen LogP contribution in [0.2, 0.25) is 0 Å². The molecule has 1 aromatic carbocycles. The Morgan fingerprint density at radius 1 is 1.27 bits per heavy atom. The van der Waals surface area contributed by atoms with Crippen molar-refractivity contribution >= 4 is 16.9 Å². The Hall–Kier alpha value is -1.81. The Bertz CT molecular complexity index is 720. The van der Waals surface area contributed by atoms with Gasteiger partial charge in [-0.25, -0.2) is 0 Å². The van der Waals surface area contributed by atoms with Gasteiger partial charge < -0.3 is 14.8 Å². The van der Waals surface area contributed by atoms with Crippen molar-refractivity contribution in [2.75, 3.05) is 13.2 Å². The molecule has 0 aliphatic heterocycles. The highest BCUT2D eigenvalue weighted by molar-refractivity contribution is 5.99. The average Bonchev–Trinajstić information content (AvgIpc) is 2.76. The maximum absolute atomic E-state index is 12.4. The van der Waals surface area contributed by atoms with Gasteiger partial charge >= 0.3 is 0 Å². The van der Waals surface area contributed by atoms with Crippen LogP contribution in [-0.2, 0) is 0 Å². The van der Waals surface area contributed by atoms with Crippen LogP contribution < -0.4 is 5.32 Å². The lowest BCUT2D eigenvalue weighted by atomic mass is 9.69. The van der Waals surface area contributed by atoms with E-state index in [0.29, 0.717) is 12.3 Å². The molecular weight excluding hydrogens is 278 g/mol. The zero-order valence-electron chi connectivity index (χ0n) is 13.5. The van der Waals surface area contributed by atoms with Crippen LogP contribution in [0.1, 0.15) is 46.5 Å². The molecule has 4 heteroatoms. The van der Waals surface area contributed by atoms with E-state index in [1.807, 2.05) is 19.9 Å². The number of furan rings is 1. The van der Waals surface area contributed by atoms with Gasteiger partial charge in [0.1, 0.15) is 5.58 Å². The Labute approximate surface area is 130 Å². The quantitative estimate of drug-likeness (QED) is 0.911. The minimum atomic E-state index is -0.191. The standard InChI is InChI=1S/C18H23NO3/c1-11-7-14-13(3)16(22-15(14)8-12(11)2)17(21)19-9-18(10-20)5-4-6-18/h7-8,20H,4-6,9-10H2,1-3H3,(H,19,21). The van der Waals surface area contributed by atoms with E-state index in [0.717, 1.165) is 41.4 Å². The van der Waals surface area contributed by atoms with Crippen LogP contribution in [0.3, 0.4) is 0 Å². The Balaban J connectivity index is 1.83. The van der Waals surface area contributed by atoms with E-state index >= 15 is 0 Å². The lowest BCUT2D eigenvalue weighted by Gasteiger charge is -2.40. The van der Waals surface area contributed by atoms with Crippen LogP contribution >= 0.6 is 0 Å². The van der Waals surface area contributed by atoms with Crippen molar-refractivity contribution < 1.29 is 14.3 Å². The summed E-state index contributed by atoms with van der Waals surface area (Å²) in [5.41, 5.74) is 3.86. The number of nitrogens with one attached hydrogen (secondary N) is 1. The van der Waals surface area contributed by atoms with Crippen LogP contribution in [0.15, 0.2) is 16.5 Å². The predicted molar refractivity (Wildman–Crippen MR) is 86.1 cm³/mol. The zero-order chi connectivity index (χ0) is 15.9. The van der Waals surface area contributed by atoms with Crippen LogP contribution in [0.4, 0.5) is 0 Å². The van der Waals surface area contributed by atoms with Gasteiger partial charge in [0.05, 0.1) is 6.61 Å². The molecule has 1 aromatic heterocycles. The number of amides is 1. The number of benzene rings is 1. The lowest BCUT2D eigenvalue weighted by molar-refractivity contribution is 0.0424. The van der Waals surface area contributed by atoms with Crippen molar-refractivity contribution in [2.45, 2.75) is 40.0 Å². The van der Waals surface area contributed by atoms with Crippen molar-refractivity contribution in [3.05, 3.63) is 34.6 Å². The minimum Gasteiger partial charge on any atom is -0.451 e. The summed E-state index contributed by atoms with van der Waals surface area (Å²) in [6.07, 6.45) is 3.07.